The average Bonchev–Trinajstić information content (AvgIpc) is 3.22. The van der Waals surface area contributed by atoms with Crippen LogP contribution >= 0.6 is 0 Å². The molecule has 0 spiro atoms. The van der Waals surface area contributed by atoms with E-state index in [1.807, 2.05) is 24.3 Å². The van der Waals surface area contributed by atoms with Gasteiger partial charge in [0.15, 0.2) is 0 Å². The van der Waals surface area contributed by atoms with Crippen molar-refractivity contribution in [2.75, 3.05) is 12.4 Å². The van der Waals surface area contributed by atoms with Crippen LogP contribution in [0.25, 0.3) is 11.4 Å². The fourth-order valence-corrected chi connectivity index (χ4v) is 3.51. The van der Waals surface area contributed by atoms with Crippen molar-refractivity contribution in [3.05, 3.63) is 59.5 Å². The molecule has 0 atom stereocenters. The number of aryl methyl sites for hydroxylation is 1. The summed E-state index contributed by atoms with van der Waals surface area (Å²) in [6, 6.07) is 13.7. The van der Waals surface area contributed by atoms with E-state index in [9.17, 15) is 4.79 Å². The highest BCUT2D eigenvalue weighted by molar-refractivity contribution is 5.92. The van der Waals surface area contributed by atoms with Gasteiger partial charge in [0.1, 0.15) is 5.75 Å². The van der Waals surface area contributed by atoms with Crippen LogP contribution in [0.3, 0.4) is 0 Å². The number of nitrogens with zero attached hydrogens (tertiary/aromatic N) is 2. The smallest absolute Gasteiger partial charge is 0.226 e. The Balaban J connectivity index is 1.58. The normalized spacial score (nSPS) is 11.2. The van der Waals surface area contributed by atoms with E-state index < -0.39 is 0 Å². The maximum absolute atomic E-state index is 12.6. The molecule has 31 heavy (non-hydrogen) atoms. The van der Waals surface area contributed by atoms with Crippen molar-refractivity contribution >= 4 is 11.6 Å². The zero-order chi connectivity index (χ0) is 22.4. The molecule has 6 heteroatoms. The summed E-state index contributed by atoms with van der Waals surface area (Å²) in [7, 11) is 1.63. The van der Waals surface area contributed by atoms with E-state index in [0.29, 0.717) is 42.8 Å². The highest BCUT2D eigenvalue weighted by Gasteiger charge is 2.16. The Morgan fingerprint density at radius 3 is 2.26 bits per heavy atom. The van der Waals surface area contributed by atoms with Gasteiger partial charge in [-0.1, -0.05) is 51.1 Å². The van der Waals surface area contributed by atoms with E-state index in [1.54, 1.807) is 7.11 Å². The molecule has 1 N–H and O–H groups in total. The third-order valence-electron chi connectivity index (χ3n) is 5.25. The molecule has 0 aliphatic rings. The minimum Gasteiger partial charge on any atom is -0.497 e. The Hall–Kier alpha value is -3.15. The Morgan fingerprint density at radius 1 is 1.03 bits per heavy atom. The molecular weight excluding hydrogens is 390 g/mol. The van der Waals surface area contributed by atoms with Crippen LogP contribution in [0.1, 0.15) is 69.4 Å². The molecule has 3 aromatic rings. The third-order valence-corrected chi connectivity index (χ3v) is 5.25. The quantitative estimate of drug-likeness (QED) is 0.462. The Morgan fingerprint density at radius 2 is 1.68 bits per heavy atom. The summed E-state index contributed by atoms with van der Waals surface area (Å²) >= 11 is 0. The number of anilines is 1. The second-order valence-corrected chi connectivity index (χ2v) is 8.26. The molecule has 6 nitrogen and oxygen atoms in total. The molecule has 164 valence electrons. The van der Waals surface area contributed by atoms with Crippen molar-refractivity contribution < 1.29 is 14.1 Å². The van der Waals surface area contributed by atoms with Gasteiger partial charge in [0.05, 0.1) is 7.11 Å². The summed E-state index contributed by atoms with van der Waals surface area (Å²) in [6.07, 6.45) is 1.58. The molecule has 1 amide bonds. The van der Waals surface area contributed by atoms with Gasteiger partial charge in [-0.25, -0.2) is 0 Å². The number of methoxy groups -OCH3 is 1. The zero-order valence-corrected chi connectivity index (χ0v) is 18.9. The van der Waals surface area contributed by atoms with Crippen LogP contribution in [-0.2, 0) is 11.2 Å². The minimum atomic E-state index is 0.00453. The maximum Gasteiger partial charge on any atom is 0.226 e. The van der Waals surface area contributed by atoms with Crippen LogP contribution in [0.15, 0.2) is 47.0 Å². The molecule has 2 aromatic carbocycles. The molecule has 1 heterocycles. The van der Waals surface area contributed by atoms with Gasteiger partial charge in [0, 0.05) is 24.1 Å². The van der Waals surface area contributed by atoms with Crippen LogP contribution in [0.5, 0.6) is 5.75 Å². The predicted octanol–water partition coefficient (Wildman–Crippen LogP) is 5.95. The Labute approximate surface area is 184 Å². The largest absolute Gasteiger partial charge is 0.497 e. The number of benzene rings is 2. The van der Waals surface area contributed by atoms with Gasteiger partial charge in [-0.05, 0) is 53.6 Å². The molecule has 3 rings (SSSR count). The first-order chi connectivity index (χ1) is 14.9. The minimum absolute atomic E-state index is 0.00453. The van der Waals surface area contributed by atoms with Crippen LogP contribution in [-0.4, -0.2) is 23.2 Å². The predicted molar refractivity (Wildman–Crippen MR) is 122 cm³/mol. The number of ether oxygens (including phenoxy) is 1. The topological polar surface area (TPSA) is 77.2 Å². The first-order valence-electron chi connectivity index (χ1n) is 10.8. The number of amides is 1. The lowest BCUT2D eigenvalue weighted by atomic mass is 9.92. The van der Waals surface area contributed by atoms with E-state index >= 15 is 0 Å². The van der Waals surface area contributed by atoms with E-state index in [0.717, 1.165) is 17.0 Å². The van der Waals surface area contributed by atoms with Crippen LogP contribution in [0.2, 0.25) is 0 Å². The summed E-state index contributed by atoms with van der Waals surface area (Å²) in [6.45, 7) is 8.58. The maximum atomic E-state index is 12.6. The number of hydrogen-bond acceptors (Lipinski definition) is 5. The summed E-state index contributed by atoms with van der Waals surface area (Å²) in [4.78, 5) is 17.1. The van der Waals surface area contributed by atoms with E-state index in [-0.39, 0.29) is 5.91 Å². The lowest BCUT2D eigenvalue weighted by molar-refractivity contribution is -0.116. The highest BCUT2D eigenvalue weighted by atomic mass is 16.5. The van der Waals surface area contributed by atoms with Crippen molar-refractivity contribution in [3.8, 4) is 17.1 Å². The summed E-state index contributed by atoms with van der Waals surface area (Å²) < 4.78 is 10.5. The molecule has 0 aliphatic carbocycles. The van der Waals surface area contributed by atoms with Crippen molar-refractivity contribution in [2.45, 2.75) is 58.8 Å². The van der Waals surface area contributed by atoms with Gasteiger partial charge in [-0.3, -0.25) is 4.79 Å². The van der Waals surface area contributed by atoms with Crippen molar-refractivity contribution in [2.24, 2.45) is 0 Å². The van der Waals surface area contributed by atoms with Gasteiger partial charge in [-0.2, -0.15) is 4.98 Å². The van der Waals surface area contributed by atoms with Crippen molar-refractivity contribution in [1.29, 1.82) is 0 Å². The third kappa shape index (κ3) is 5.72. The van der Waals surface area contributed by atoms with Crippen LogP contribution < -0.4 is 10.1 Å². The molecule has 0 saturated heterocycles. The molecule has 0 fully saturated rings. The summed E-state index contributed by atoms with van der Waals surface area (Å²) in [5.74, 6) is 2.52. The second-order valence-electron chi connectivity index (χ2n) is 8.26. The lowest BCUT2D eigenvalue weighted by Crippen LogP contribution is -2.15. The van der Waals surface area contributed by atoms with Crippen molar-refractivity contribution in [1.82, 2.24) is 10.1 Å². The van der Waals surface area contributed by atoms with Crippen LogP contribution in [0, 0.1) is 0 Å². The number of aromatic nitrogens is 2. The first-order valence-corrected chi connectivity index (χ1v) is 10.8. The van der Waals surface area contributed by atoms with Gasteiger partial charge in [-0.15, -0.1) is 0 Å². The molecular formula is C25H31N3O3. The monoisotopic (exact) mass is 421 g/mol. The molecule has 0 unspecified atom stereocenters. The van der Waals surface area contributed by atoms with Gasteiger partial charge in [0.25, 0.3) is 0 Å². The number of nitrogens with one attached hydrogen (secondary N) is 1. The number of carbonyl (C=O) groups excluding carboxylic acids is 1. The van der Waals surface area contributed by atoms with E-state index in [2.05, 4.69) is 61.4 Å². The Bertz CT molecular complexity index is 981. The first kappa shape index (κ1) is 22.5. The van der Waals surface area contributed by atoms with E-state index in [4.69, 9.17) is 9.26 Å². The fourth-order valence-electron chi connectivity index (χ4n) is 3.51. The molecule has 0 radical (unpaired) electrons. The molecule has 0 aliphatic heterocycles. The van der Waals surface area contributed by atoms with Gasteiger partial charge in [0.2, 0.25) is 17.6 Å². The molecule has 1 aromatic heterocycles. The highest BCUT2D eigenvalue weighted by Crippen LogP contribution is 2.32. The van der Waals surface area contributed by atoms with Gasteiger partial charge < -0.3 is 14.6 Å². The molecule has 0 saturated carbocycles. The van der Waals surface area contributed by atoms with Crippen molar-refractivity contribution in [3.63, 3.8) is 0 Å². The number of carbonyl (C=O) groups is 1. The van der Waals surface area contributed by atoms with E-state index in [1.165, 1.54) is 11.1 Å². The summed E-state index contributed by atoms with van der Waals surface area (Å²) in [5, 5.41) is 7.19. The number of hydrogen-bond donors (Lipinski definition) is 1. The second kappa shape index (κ2) is 10.2. The number of para-hydroxylation sites is 1. The van der Waals surface area contributed by atoms with Gasteiger partial charge >= 0.3 is 0 Å². The summed E-state index contributed by atoms with van der Waals surface area (Å²) in [5.41, 5.74) is 4.15. The van der Waals surface area contributed by atoms with Crippen LogP contribution in [0.4, 0.5) is 5.69 Å². The Kier molecular flexibility index (Phi) is 7.45. The standard InChI is InChI=1S/C25H31N3O3/c1-16(2)20-8-6-9-21(17(3)4)24(20)26-22(29)10-7-11-23-27-25(28-31-23)18-12-14-19(30-5)15-13-18/h6,8-9,12-17H,7,10-11H2,1-5H3,(H,26,29). The number of rotatable bonds is 9. The zero-order valence-electron chi connectivity index (χ0n) is 18.9. The SMILES string of the molecule is COc1ccc(-c2noc(CCCC(=O)Nc3c(C(C)C)cccc3C(C)C)n2)cc1. The molecule has 0 bridgehead atoms. The lowest BCUT2D eigenvalue weighted by Gasteiger charge is -2.20. The fraction of sp³-hybridized carbons (Fsp3) is 0.400. The average molecular weight is 422 g/mol.